The summed E-state index contributed by atoms with van der Waals surface area (Å²) in [6.07, 6.45) is 0. The first-order valence-electron chi connectivity index (χ1n) is 3.36. The molecule has 7 heteroatoms. The van der Waals surface area contributed by atoms with Crippen molar-refractivity contribution in [3.05, 3.63) is 33.6 Å². The van der Waals surface area contributed by atoms with Crippen LogP contribution in [0.2, 0.25) is 10.0 Å². The van der Waals surface area contributed by atoms with E-state index < -0.39 is 20.6 Å². The van der Waals surface area contributed by atoms with Crippen LogP contribution < -0.4 is 0 Å². The monoisotopic (exact) mass is 276 g/mol. The van der Waals surface area contributed by atoms with Gasteiger partial charge in [-0.1, -0.05) is 23.2 Å². The van der Waals surface area contributed by atoms with Crippen LogP contribution in [0, 0.1) is 5.82 Å². The van der Waals surface area contributed by atoms with Crippen molar-refractivity contribution >= 4 is 42.9 Å². The molecular formula is C7H4Cl3FO2S. The minimum absolute atomic E-state index is 0.0865. The first-order valence-corrected chi connectivity index (χ1v) is 6.59. The van der Waals surface area contributed by atoms with Gasteiger partial charge in [0, 0.05) is 16.2 Å². The second-order valence-electron chi connectivity index (χ2n) is 2.50. The molecule has 2 nitrogen and oxygen atoms in total. The second-order valence-corrected chi connectivity index (χ2v) is 6.07. The molecule has 1 aromatic carbocycles. The van der Waals surface area contributed by atoms with Crippen LogP contribution in [0.5, 0.6) is 0 Å². The standard InChI is InChI=1S/C7H4Cl3FO2S/c8-5-1-2-6(11)4(7(5)9)3-14(10,12)13/h1-2H,3H2. The molecule has 0 aliphatic carbocycles. The first-order chi connectivity index (χ1) is 6.31. The lowest BCUT2D eigenvalue weighted by Gasteiger charge is -2.04. The van der Waals surface area contributed by atoms with E-state index in [1.165, 1.54) is 6.07 Å². The molecule has 0 saturated carbocycles. The number of halogens is 4. The molecule has 1 aromatic rings. The number of hydrogen-bond acceptors (Lipinski definition) is 2. The zero-order chi connectivity index (χ0) is 10.9. The van der Waals surface area contributed by atoms with Crippen molar-refractivity contribution in [1.29, 1.82) is 0 Å². The predicted molar refractivity (Wildman–Crippen MR) is 54.9 cm³/mol. The zero-order valence-corrected chi connectivity index (χ0v) is 9.68. The highest BCUT2D eigenvalue weighted by molar-refractivity contribution is 8.13. The quantitative estimate of drug-likeness (QED) is 0.614. The molecular weight excluding hydrogens is 273 g/mol. The van der Waals surface area contributed by atoms with E-state index >= 15 is 0 Å². The van der Waals surface area contributed by atoms with E-state index in [9.17, 15) is 12.8 Å². The summed E-state index contributed by atoms with van der Waals surface area (Å²) in [5.74, 6) is -1.43. The Hall–Kier alpha value is -0.0300. The molecule has 0 radical (unpaired) electrons. The molecule has 0 amide bonds. The molecule has 0 fully saturated rings. The van der Waals surface area contributed by atoms with Gasteiger partial charge in [-0.15, -0.1) is 0 Å². The van der Waals surface area contributed by atoms with Crippen LogP contribution in [0.25, 0.3) is 0 Å². The molecule has 0 unspecified atom stereocenters. The van der Waals surface area contributed by atoms with Crippen molar-refractivity contribution in [3.63, 3.8) is 0 Å². The fraction of sp³-hybridized carbons (Fsp3) is 0.143. The average Bonchev–Trinajstić information content (AvgIpc) is 2.04. The van der Waals surface area contributed by atoms with Gasteiger partial charge in [0.15, 0.2) is 0 Å². The van der Waals surface area contributed by atoms with Crippen LogP contribution in [0.3, 0.4) is 0 Å². The van der Waals surface area contributed by atoms with Gasteiger partial charge in [-0.05, 0) is 12.1 Å². The maximum atomic E-state index is 13.1. The molecule has 0 spiro atoms. The summed E-state index contributed by atoms with van der Waals surface area (Å²) < 4.78 is 34.5. The molecule has 0 aromatic heterocycles. The van der Waals surface area contributed by atoms with Gasteiger partial charge in [-0.25, -0.2) is 12.8 Å². The molecule has 0 atom stereocenters. The maximum Gasteiger partial charge on any atom is 0.236 e. The second kappa shape index (κ2) is 4.23. The normalized spacial score (nSPS) is 11.7. The van der Waals surface area contributed by atoms with E-state index in [-0.39, 0.29) is 15.6 Å². The minimum atomic E-state index is -3.85. The fourth-order valence-corrected chi connectivity index (χ4v) is 2.30. The molecule has 0 aliphatic heterocycles. The van der Waals surface area contributed by atoms with Crippen molar-refractivity contribution in [2.75, 3.05) is 0 Å². The van der Waals surface area contributed by atoms with E-state index in [4.69, 9.17) is 33.9 Å². The third kappa shape index (κ3) is 2.98. The van der Waals surface area contributed by atoms with Crippen molar-refractivity contribution in [3.8, 4) is 0 Å². The van der Waals surface area contributed by atoms with E-state index in [0.717, 1.165) is 6.07 Å². The van der Waals surface area contributed by atoms with Gasteiger partial charge in [0.1, 0.15) is 5.82 Å². The van der Waals surface area contributed by atoms with E-state index in [0.29, 0.717) is 0 Å². The van der Waals surface area contributed by atoms with Gasteiger partial charge in [-0.2, -0.15) is 0 Å². The van der Waals surface area contributed by atoms with Crippen LogP contribution >= 0.6 is 33.9 Å². The fourth-order valence-electron chi connectivity index (χ4n) is 0.874. The van der Waals surface area contributed by atoms with Crippen LogP contribution in [0.1, 0.15) is 5.56 Å². The van der Waals surface area contributed by atoms with Gasteiger partial charge in [0.2, 0.25) is 9.05 Å². The first kappa shape index (κ1) is 12.0. The summed E-state index contributed by atoms with van der Waals surface area (Å²) in [5, 5.41) is -0.0423. The third-order valence-corrected chi connectivity index (χ3v) is 3.26. The van der Waals surface area contributed by atoms with E-state index in [1.54, 1.807) is 0 Å². The Labute approximate surface area is 95.0 Å². The molecule has 78 valence electrons. The van der Waals surface area contributed by atoms with Gasteiger partial charge < -0.3 is 0 Å². The summed E-state index contributed by atoms with van der Waals surface area (Å²) in [6.45, 7) is 0. The summed E-state index contributed by atoms with van der Waals surface area (Å²) in [4.78, 5) is 0. The van der Waals surface area contributed by atoms with Crippen molar-refractivity contribution in [2.45, 2.75) is 5.75 Å². The van der Waals surface area contributed by atoms with Crippen molar-refractivity contribution in [2.24, 2.45) is 0 Å². The smallest absolute Gasteiger partial charge is 0.212 e. The van der Waals surface area contributed by atoms with E-state index in [2.05, 4.69) is 0 Å². The SMILES string of the molecule is O=S(=O)(Cl)Cc1c(F)ccc(Cl)c1Cl. The third-order valence-electron chi connectivity index (χ3n) is 1.46. The lowest BCUT2D eigenvalue weighted by Crippen LogP contribution is -1.99. The summed E-state index contributed by atoms with van der Waals surface area (Å²) in [7, 11) is 1.12. The largest absolute Gasteiger partial charge is 0.236 e. The van der Waals surface area contributed by atoms with Gasteiger partial charge in [-0.3, -0.25) is 0 Å². The van der Waals surface area contributed by atoms with Crippen molar-refractivity contribution in [1.82, 2.24) is 0 Å². The Bertz CT molecular complexity index is 458. The minimum Gasteiger partial charge on any atom is -0.212 e. The highest BCUT2D eigenvalue weighted by atomic mass is 35.7. The van der Waals surface area contributed by atoms with Crippen LogP contribution in [-0.4, -0.2) is 8.42 Å². The molecule has 0 bridgehead atoms. The molecule has 0 N–H and O–H groups in total. The number of benzene rings is 1. The van der Waals surface area contributed by atoms with Crippen LogP contribution in [0.4, 0.5) is 4.39 Å². The maximum absolute atomic E-state index is 13.1. The predicted octanol–water partition coefficient (Wildman–Crippen LogP) is 3.20. The zero-order valence-electron chi connectivity index (χ0n) is 6.60. The van der Waals surface area contributed by atoms with Gasteiger partial charge in [0.25, 0.3) is 0 Å². The number of hydrogen-bond donors (Lipinski definition) is 0. The summed E-state index contributed by atoms with van der Waals surface area (Å²) in [5.41, 5.74) is -0.214. The Kier molecular flexibility index (Phi) is 3.63. The summed E-state index contributed by atoms with van der Waals surface area (Å²) >= 11 is 11.2. The highest BCUT2D eigenvalue weighted by Crippen LogP contribution is 2.29. The van der Waals surface area contributed by atoms with Crippen LogP contribution in [0.15, 0.2) is 12.1 Å². The Morgan fingerprint density at radius 3 is 2.36 bits per heavy atom. The Morgan fingerprint density at radius 2 is 1.86 bits per heavy atom. The lowest BCUT2D eigenvalue weighted by molar-refractivity contribution is 0.597. The Morgan fingerprint density at radius 1 is 1.29 bits per heavy atom. The molecule has 14 heavy (non-hydrogen) atoms. The topological polar surface area (TPSA) is 34.1 Å². The Balaban J connectivity index is 3.27. The van der Waals surface area contributed by atoms with E-state index in [1.807, 2.05) is 0 Å². The molecule has 0 aliphatic rings. The lowest BCUT2D eigenvalue weighted by atomic mass is 10.2. The number of rotatable bonds is 2. The average molecular weight is 278 g/mol. The highest BCUT2D eigenvalue weighted by Gasteiger charge is 2.16. The van der Waals surface area contributed by atoms with Gasteiger partial charge in [0.05, 0.1) is 15.8 Å². The summed E-state index contributed by atoms with van der Waals surface area (Å²) in [6, 6.07) is 2.27. The van der Waals surface area contributed by atoms with Gasteiger partial charge >= 0.3 is 0 Å². The molecule has 0 heterocycles. The van der Waals surface area contributed by atoms with Crippen molar-refractivity contribution < 1.29 is 12.8 Å². The molecule has 1 rings (SSSR count). The molecule has 0 saturated heterocycles. The van der Waals surface area contributed by atoms with Crippen LogP contribution in [-0.2, 0) is 14.8 Å².